The number of rotatable bonds is 16. The van der Waals surface area contributed by atoms with Crippen molar-refractivity contribution in [1.29, 1.82) is 0 Å². The monoisotopic (exact) mass is 609 g/mol. The van der Waals surface area contributed by atoms with Gasteiger partial charge in [-0.1, -0.05) is 60.1 Å². The van der Waals surface area contributed by atoms with E-state index in [-0.39, 0.29) is 35.2 Å². The van der Waals surface area contributed by atoms with Gasteiger partial charge in [0.25, 0.3) is 0 Å². The van der Waals surface area contributed by atoms with Crippen molar-refractivity contribution in [2.45, 2.75) is 96.7 Å². The minimum atomic E-state index is -0.267. The summed E-state index contributed by atoms with van der Waals surface area (Å²) in [5.74, 6) is 1.16. The van der Waals surface area contributed by atoms with Crippen molar-refractivity contribution in [3.8, 4) is 5.75 Å². The maximum Gasteiger partial charge on any atom is 0.137 e. The molecule has 0 radical (unpaired) electrons. The summed E-state index contributed by atoms with van der Waals surface area (Å²) >= 11 is 0. The molecule has 244 valence electrons. The SMILES string of the molecule is C=C(OC)/C(=C\C(=C/C)OC)n1cc(C2C(OC)C(c3ccc(N(CCCC)CCCC)cc3O)C2OC)c(C(C)(C)C)n1. The molecule has 0 amide bonds. The first-order valence-corrected chi connectivity index (χ1v) is 15.9. The minimum absolute atomic E-state index is 0.108. The highest BCUT2D eigenvalue weighted by Crippen LogP contribution is 2.54. The molecule has 8 heteroatoms. The minimum Gasteiger partial charge on any atom is -0.508 e. The number of methoxy groups -OCH3 is 4. The lowest BCUT2D eigenvalue weighted by Gasteiger charge is -2.51. The Labute approximate surface area is 265 Å². The highest BCUT2D eigenvalue weighted by Gasteiger charge is 2.55. The summed E-state index contributed by atoms with van der Waals surface area (Å²) in [6, 6.07) is 6.09. The fraction of sp³-hybridized carbons (Fsp3) is 0.583. The highest BCUT2D eigenvalue weighted by atomic mass is 16.5. The van der Waals surface area contributed by atoms with E-state index in [4.69, 9.17) is 24.0 Å². The number of unbranched alkanes of at least 4 members (excludes halogenated alkanes) is 2. The van der Waals surface area contributed by atoms with Gasteiger partial charge in [-0.25, -0.2) is 4.68 Å². The van der Waals surface area contributed by atoms with Crippen LogP contribution in [-0.2, 0) is 24.4 Å². The Hall–Kier alpha value is -3.23. The van der Waals surface area contributed by atoms with Crippen LogP contribution in [0.1, 0.15) is 95.9 Å². The van der Waals surface area contributed by atoms with E-state index >= 15 is 0 Å². The smallest absolute Gasteiger partial charge is 0.137 e. The number of allylic oxidation sites excluding steroid dienone is 3. The standard InChI is InChI=1S/C36H55N3O5/c1-12-15-19-38(20-16-13-2)25-17-18-27(30(40)21-25)31-33(43-10)32(34(31)44-11)28-23-39(37-35(28)36(5,6)7)29(24(4)41-8)22-26(14-3)42-9/h14,17-18,21-23,31-34,40H,4,12-13,15-16,19-20H2,1-3,5-11H3/b26-14+,29-22+. The van der Waals surface area contributed by atoms with E-state index in [0.29, 0.717) is 17.2 Å². The number of phenols is 1. The lowest BCUT2D eigenvalue weighted by molar-refractivity contribution is -0.116. The number of ether oxygens (including phenoxy) is 4. The molecule has 2 aromatic rings. The third kappa shape index (κ3) is 7.52. The van der Waals surface area contributed by atoms with E-state index in [9.17, 15) is 5.11 Å². The number of aromatic nitrogens is 2. The Morgan fingerprint density at radius 1 is 0.977 bits per heavy atom. The third-order valence-corrected chi connectivity index (χ3v) is 8.65. The molecule has 2 unspecified atom stereocenters. The number of hydrogen-bond donors (Lipinski definition) is 1. The molecule has 0 saturated heterocycles. The van der Waals surface area contributed by atoms with Crippen LogP contribution in [0.3, 0.4) is 0 Å². The predicted octanol–water partition coefficient (Wildman–Crippen LogP) is 7.76. The number of nitrogens with zero attached hydrogens (tertiary/aromatic N) is 3. The van der Waals surface area contributed by atoms with Crippen LogP contribution in [0, 0.1) is 0 Å². The molecule has 1 aromatic heterocycles. The second kappa shape index (κ2) is 15.7. The van der Waals surface area contributed by atoms with Crippen molar-refractivity contribution in [1.82, 2.24) is 9.78 Å². The second-order valence-corrected chi connectivity index (χ2v) is 12.6. The van der Waals surface area contributed by atoms with Crippen molar-refractivity contribution in [2.75, 3.05) is 46.4 Å². The average molecular weight is 610 g/mol. The van der Waals surface area contributed by atoms with Crippen LogP contribution in [0.5, 0.6) is 5.75 Å². The van der Waals surface area contributed by atoms with Crippen LogP contribution in [-0.4, -0.2) is 68.6 Å². The van der Waals surface area contributed by atoms with E-state index in [0.717, 1.165) is 61.3 Å². The fourth-order valence-corrected chi connectivity index (χ4v) is 6.16. The first-order chi connectivity index (χ1) is 21.0. The topological polar surface area (TPSA) is 78.2 Å². The summed E-state index contributed by atoms with van der Waals surface area (Å²) < 4.78 is 25.2. The molecular weight excluding hydrogens is 554 g/mol. The molecule has 1 N–H and O–H groups in total. The molecule has 0 spiro atoms. The molecule has 0 bridgehead atoms. The quantitative estimate of drug-likeness (QED) is 0.154. The van der Waals surface area contributed by atoms with Crippen molar-refractivity contribution >= 4 is 11.4 Å². The summed E-state index contributed by atoms with van der Waals surface area (Å²) in [5, 5.41) is 16.5. The van der Waals surface area contributed by atoms with Crippen LogP contribution in [0.25, 0.3) is 5.70 Å². The van der Waals surface area contributed by atoms with Gasteiger partial charge in [-0.3, -0.25) is 0 Å². The molecule has 3 rings (SSSR count). The van der Waals surface area contributed by atoms with E-state index < -0.39 is 0 Å². The summed E-state index contributed by atoms with van der Waals surface area (Å²) in [7, 11) is 6.69. The van der Waals surface area contributed by atoms with Gasteiger partial charge in [0, 0.05) is 79.7 Å². The molecule has 1 saturated carbocycles. The lowest BCUT2D eigenvalue weighted by atomic mass is 9.62. The molecule has 1 aromatic carbocycles. The van der Waals surface area contributed by atoms with Gasteiger partial charge in [-0.15, -0.1) is 0 Å². The fourth-order valence-electron chi connectivity index (χ4n) is 6.16. The number of benzene rings is 1. The number of anilines is 1. The van der Waals surface area contributed by atoms with Crippen LogP contribution in [0.2, 0.25) is 0 Å². The van der Waals surface area contributed by atoms with Crippen LogP contribution < -0.4 is 4.90 Å². The molecular formula is C36H55N3O5. The zero-order valence-electron chi connectivity index (χ0n) is 28.6. The van der Waals surface area contributed by atoms with Crippen molar-refractivity contribution in [3.05, 3.63) is 71.5 Å². The molecule has 1 aliphatic carbocycles. The Morgan fingerprint density at radius 3 is 2.02 bits per heavy atom. The Morgan fingerprint density at radius 2 is 1.57 bits per heavy atom. The average Bonchev–Trinajstić information content (AvgIpc) is 3.43. The number of aromatic hydroxyl groups is 1. The van der Waals surface area contributed by atoms with Gasteiger partial charge in [0.2, 0.25) is 0 Å². The zero-order valence-corrected chi connectivity index (χ0v) is 28.6. The molecule has 1 fully saturated rings. The van der Waals surface area contributed by atoms with Gasteiger partial charge in [0.15, 0.2) is 0 Å². The normalized spacial score (nSPS) is 20.8. The molecule has 1 heterocycles. The molecule has 44 heavy (non-hydrogen) atoms. The predicted molar refractivity (Wildman–Crippen MR) is 179 cm³/mol. The van der Waals surface area contributed by atoms with Crippen LogP contribution in [0.4, 0.5) is 5.69 Å². The summed E-state index contributed by atoms with van der Waals surface area (Å²) in [6.45, 7) is 18.9. The van der Waals surface area contributed by atoms with E-state index in [1.807, 2.05) is 36.0 Å². The maximum absolute atomic E-state index is 11.4. The largest absolute Gasteiger partial charge is 0.508 e. The molecule has 8 nitrogen and oxygen atoms in total. The Bertz CT molecular complexity index is 1290. The van der Waals surface area contributed by atoms with Gasteiger partial charge < -0.3 is 29.0 Å². The first-order valence-electron chi connectivity index (χ1n) is 15.9. The highest BCUT2D eigenvalue weighted by molar-refractivity contribution is 5.63. The summed E-state index contributed by atoms with van der Waals surface area (Å²) in [5.41, 5.74) is 4.26. The van der Waals surface area contributed by atoms with Crippen molar-refractivity contribution in [2.24, 2.45) is 0 Å². The van der Waals surface area contributed by atoms with Gasteiger partial charge in [0.1, 0.15) is 23.0 Å². The van der Waals surface area contributed by atoms with Crippen molar-refractivity contribution < 1.29 is 24.1 Å². The number of hydrogen-bond acceptors (Lipinski definition) is 7. The summed E-state index contributed by atoms with van der Waals surface area (Å²) in [4.78, 5) is 2.38. The summed E-state index contributed by atoms with van der Waals surface area (Å²) in [6.07, 6.45) is 9.82. The molecule has 0 aliphatic heterocycles. The van der Waals surface area contributed by atoms with E-state index in [2.05, 4.69) is 58.2 Å². The van der Waals surface area contributed by atoms with Gasteiger partial charge in [-0.05, 0) is 31.9 Å². The maximum atomic E-state index is 11.4. The van der Waals surface area contributed by atoms with E-state index in [1.54, 1.807) is 28.4 Å². The first kappa shape index (κ1) is 35.3. The van der Waals surface area contributed by atoms with Gasteiger partial charge >= 0.3 is 0 Å². The van der Waals surface area contributed by atoms with Gasteiger partial charge in [-0.2, -0.15) is 5.10 Å². The van der Waals surface area contributed by atoms with E-state index in [1.165, 1.54) is 0 Å². The third-order valence-electron chi connectivity index (χ3n) is 8.65. The van der Waals surface area contributed by atoms with Gasteiger partial charge in [0.05, 0.1) is 32.1 Å². The molecule has 1 aliphatic rings. The second-order valence-electron chi connectivity index (χ2n) is 12.6. The van der Waals surface area contributed by atoms with Crippen LogP contribution >= 0.6 is 0 Å². The molecule has 2 atom stereocenters. The number of phenolic OH excluding ortho intramolecular Hbond substituents is 1. The lowest BCUT2D eigenvalue weighted by Crippen LogP contribution is -2.54. The van der Waals surface area contributed by atoms with Crippen LogP contribution in [0.15, 0.2) is 54.6 Å². The van der Waals surface area contributed by atoms with Crippen molar-refractivity contribution in [3.63, 3.8) is 0 Å². The Kier molecular flexibility index (Phi) is 12.6. The zero-order chi connectivity index (χ0) is 32.6. The Balaban J connectivity index is 2.06.